The molecule has 1 fully saturated rings. The number of ether oxygens (including phenoxy) is 1. The van der Waals surface area contributed by atoms with E-state index in [0.717, 1.165) is 11.1 Å². The van der Waals surface area contributed by atoms with Crippen molar-refractivity contribution < 1.29 is 14.3 Å². The number of likely N-dealkylation sites (tertiary alicyclic amines) is 1. The zero-order chi connectivity index (χ0) is 16.9. The third-order valence-corrected chi connectivity index (χ3v) is 4.08. The van der Waals surface area contributed by atoms with Crippen molar-refractivity contribution in [3.8, 4) is 0 Å². The van der Waals surface area contributed by atoms with Crippen LogP contribution < -0.4 is 0 Å². The normalized spacial score (nSPS) is 17.6. The van der Waals surface area contributed by atoms with E-state index in [2.05, 4.69) is 4.98 Å². The Bertz CT molecular complexity index is 730. The summed E-state index contributed by atoms with van der Waals surface area (Å²) in [5.74, 6) is -0.397. The van der Waals surface area contributed by atoms with Gasteiger partial charge in [-0.1, -0.05) is 30.3 Å². The predicted octanol–water partition coefficient (Wildman–Crippen LogP) is 2.74. The topological polar surface area (TPSA) is 59.5 Å². The van der Waals surface area contributed by atoms with Gasteiger partial charge < -0.3 is 9.64 Å². The molecule has 0 aliphatic carbocycles. The third-order valence-electron chi connectivity index (χ3n) is 4.08. The monoisotopic (exact) mass is 324 g/mol. The largest absolute Gasteiger partial charge is 0.458 e. The van der Waals surface area contributed by atoms with Gasteiger partial charge in [-0.3, -0.25) is 9.78 Å². The molecule has 3 rings (SSSR count). The first kappa shape index (κ1) is 16.2. The summed E-state index contributed by atoms with van der Waals surface area (Å²) in [5.41, 5.74) is 2.43. The second-order valence-corrected chi connectivity index (χ2v) is 6.07. The molecule has 0 N–H and O–H groups in total. The van der Waals surface area contributed by atoms with E-state index in [4.69, 9.17) is 4.74 Å². The Balaban J connectivity index is 1.55. The van der Waals surface area contributed by atoms with Gasteiger partial charge in [-0.25, -0.2) is 4.79 Å². The van der Waals surface area contributed by atoms with Crippen molar-refractivity contribution in [3.63, 3.8) is 0 Å². The smallest absolute Gasteiger partial charge is 0.339 e. The molecule has 0 radical (unpaired) electrons. The van der Waals surface area contributed by atoms with Crippen molar-refractivity contribution in [2.75, 3.05) is 6.54 Å². The van der Waals surface area contributed by atoms with Crippen LogP contribution in [-0.2, 0) is 16.1 Å². The minimum absolute atomic E-state index is 0.0188. The van der Waals surface area contributed by atoms with Gasteiger partial charge in [0.15, 0.2) is 0 Å². The molecule has 1 atom stereocenters. The molecule has 5 nitrogen and oxygen atoms in total. The highest BCUT2D eigenvalue weighted by Gasteiger charge is 2.28. The number of esters is 1. The van der Waals surface area contributed by atoms with Crippen LogP contribution in [0, 0.1) is 6.92 Å². The molecule has 1 aromatic carbocycles. The second kappa shape index (κ2) is 7.25. The highest BCUT2D eigenvalue weighted by Crippen LogP contribution is 2.19. The van der Waals surface area contributed by atoms with Gasteiger partial charge in [-0.15, -0.1) is 0 Å². The molecule has 1 aromatic heterocycles. The molecule has 2 heterocycles. The average molecular weight is 324 g/mol. The van der Waals surface area contributed by atoms with E-state index in [-0.39, 0.29) is 18.4 Å². The number of hydrogen-bond donors (Lipinski definition) is 0. The number of aryl methyl sites for hydroxylation is 1. The minimum atomic E-state index is -0.416. The van der Waals surface area contributed by atoms with Crippen molar-refractivity contribution in [3.05, 3.63) is 65.5 Å². The first-order valence-electron chi connectivity index (χ1n) is 8.06. The van der Waals surface area contributed by atoms with Gasteiger partial charge in [0.05, 0.1) is 12.0 Å². The Morgan fingerprint density at radius 2 is 2.08 bits per heavy atom. The molecule has 24 heavy (non-hydrogen) atoms. The maximum Gasteiger partial charge on any atom is 0.339 e. The number of nitrogens with zero attached hydrogens (tertiary/aromatic N) is 2. The Morgan fingerprint density at radius 3 is 2.79 bits per heavy atom. The fourth-order valence-corrected chi connectivity index (χ4v) is 2.81. The lowest BCUT2D eigenvalue weighted by molar-refractivity contribution is -0.137. The van der Waals surface area contributed by atoms with E-state index in [9.17, 15) is 9.59 Å². The first-order valence-corrected chi connectivity index (χ1v) is 8.06. The molecule has 1 amide bonds. The SMILES string of the molecule is Cc1cncc(C(=O)OC2CCN(Cc3ccccc3)C(=O)C2)c1. The summed E-state index contributed by atoms with van der Waals surface area (Å²) in [6, 6.07) is 11.6. The Labute approximate surface area is 141 Å². The summed E-state index contributed by atoms with van der Waals surface area (Å²) < 4.78 is 5.47. The van der Waals surface area contributed by atoms with Gasteiger partial charge in [0.2, 0.25) is 5.91 Å². The van der Waals surface area contributed by atoms with Crippen LogP contribution in [0.1, 0.15) is 34.3 Å². The molecule has 1 unspecified atom stereocenters. The van der Waals surface area contributed by atoms with Gasteiger partial charge >= 0.3 is 5.97 Å². The van der Waals surface area contributed by atoms with E-state index in [0.29, 0.717) is 25.1 Å². The van der Waals surface area contributed by atoms with E-state index >= 15 is 0 Å². The van der Waals surface area contributed by atoms with E-state index in [1.807, 2.05) is 42.2 Å². The summed E-state index contributed by atoms with van der Waals surface area (Å²) in [6.45, 7) is 3.06. The van der Waals surface area contributed by atoms with E-state index in [1.54, 1.807) is 12.3 Å². The molecular formula is C19H20N2O3. The number of pyridine rings is 1. The van der Waals surface area contributed by atoms with Crippen LogP contribution in [0.2, 0.25) is 0 Å². The van der Waals surface area contributed by atoms with Crippen molar-refractivity contribution in [1.82, 2.24) is 9.88 Å². The number of carbonyl (C=O) groups excluding carboxylic acids is 2. The Morgan fingerprint density at radius 1 is 1.29 bits per heavy atom. The third kappa shape index (κ3) is 3.98. The molecule has 124 valence electrons. The lowest BCUT2D eigenvalue weighted by atomic mass is 10.1. The molecule has 1 saturated heterocycles. The maximum atomic E-state index is 12.3. The van der Waals surface area contributed by atoms with E-state index < -0.39 is 5.97 Å². The van der Waals surface area contributed by atoms with Crippen LogP contribution in [0.5, 0.6) is 0 Å². The average Bonchev–Trinajstić information content (AvgIpc) is 2.58. The quantitative estimate of drug-likeness (QED) is 0.812. The van der Waals surface area contributed by atoms with Crippen molar-refractivity contribution in [2.24, 2.45) is 0 Å². The predicted molar refractivity (Wildman–Crippen MR) is 89.3 cm³/mol. The van der Waals surface area contributed by atoms with Crippen LogP contribution in [0.4, 0.5) is 0 Å². The fourth-order valence-electron chi connectivity index (χ4n) is 2.81. The van der Waals surface area contributed by atoms with Crippen LogP contribution in [-0.4, -0.2) is 34.4 Å². The number of amides is 1. The van der Waals surface area contributed by atoms with E-state index in [1.165, 1.54) is 6.20 Å². The van der Waals surface area contributed by atoms with Crippen molar-refractivity contribution in [2.45, 2.75) is 32.4 Å². The summed E-state index contributed by atoms with van der Waals surface area (Å²) in [4.78, 5) is 30.3. The van der Waals surface area contributed by atoms with Crippen LogP contribution in [0.25, 0.3) is 0 Å². The maximum absolute atomic E-state index is 12.3. The molecule has 1 aliphatic rings. The highest BCUT2D eigenvalue weighted by molar-refractivity contribution is 5.89. The number of hydrogen-bond acceptors (Lipinski definition) is 4. The van der Waals surface area contributed by atoms with Crippen LogP contribution in [0.3, 0.4) is 0 Å². The zero-order valence-corrected chi connectivity index (χ0v) is 13.6. The molecular weight excluding hydrogens is 304 g/mol. The highest BCUT2D eigenvalue weighted by atomic mass is 16.5. The molecule has 5 heteroatoms. The molecule has 0 bridgehead atoms. The zero-order valence-electron chi connectivity index (χ0n) is 13.6. The summed E-state index contributed by atoms with van der Waals surface area (Å²) in [6.07, 6.45) is 3.70. The summed E-state index contributed by atoms with van der Waals surface area (Å²) >= 11 is 0. The van der Waals surface area contributed by atoms with Gasteiger partial charge in [0, 0.05) is 31.9 Å². The van der Waals surface area contributed by atoms with Gasteiger partial charge in [-0.2, -0.15) is 0 Å². The second-order valence-electron chi connectivity index (χ2n) is 6.07. The van der Waals surface area contributed by atoms with Gasteiger partial charge in [0.25, 0.3) is 0 Å². The standard InChI is InChI=1S/C19H20N2O3/c1-14-9-16(12-20-11-14)19(23)24-17-7-8-21(18(22)10-17)13-15-5-3-2-4-6-15/h2-6,9,11-12,17H,7-8,10,13H2,1H3. The fraction of sp³-hybridized carbons (Fsp3) is 0.316. The number of rotatable bonds is 4. The molecule has 0 saturated carbocycles. The lowest BCUT2D eigenvalue weighted by Crippen LogP contribution is -2.41. The summed E-state index contributed by atoms with van der Waals surface area (Å²) in [7, 11) is 0. The van der Waals surface area contributed by atoms with Crippen molar-refractivity contribution >= 4 is 11.9 Å². The van der Waals surface area contributed by atoms with Crippen LogP contribution in [0.15, 0.2) is 48.8 Å². The molecule has 2 aromatic rings. The number of aromatic nitrogens is 1. The first-order chi connectivity index (χ1) is 11.6. The molecule has 1 aliphatic heterocycles. The Kier molecular flexibility index (Phi) is 4.89. The summed E-state index contributed by atoms with van der Waals surface area (Å²) in [5, 5.41) is 0. The van der Waals surface area contributed by atoms with Gasteiger partial charge in [-0.05, 0) is 24.1 Å². The van der Waals surface area contributed by atoms with Crippen LogP contribution >= 0.6 is 0 Å². The van der Waals surface area contributed by atoms with Gasteiger partial charge in [0.1, 0.15) is 6.10 Å². The lowest BCUT2D eigenvalue weighted by Gasteiger charge is -2.31. The number of benzene rings is 1. The number of piperidine rings is 1. The van der Waals surface area contributed by atoms with Crippen molar-refractivity contribution in [1.29, 1.82) is 0 Å². The number of carbonyl (C=O) groups is 2. The Hall–Kier alpha value is -2.69. The minimum Gasteiger partial charge on any atom is -0.458 e. The molecule has 0 spiro atoms.